The van der Waals surface area contributed by atoms with E-state index in [1.165, 1.54) is 19.4 Å². The highest BCUT2D eigenvalue weighted by atomic mass is 16.5. The van der Waals surface area contributed by atoms with Gasteiger partial charge >= 0.3 is 0 Å². The predicted molar refractivity (Wildman–Crippen MR) is 109 cm³/mol. The van der Waals surface area contributed by atoms with Crippen molar-refractivity contribution in [2.45, 2.75) is 39.2 Å². The molecule has 0 radical (unpaired) electrons. The van der Waals surface area contributed by atoms with Crippen molar-refractivity contribution in [3.63, 3.8) is 0 Å². The summed E-state index contributed by atoms with van der Waals surface area (Å²) in [4.78, 5) is 14.1. The van der Waals surface area contributed by atoms with Gasteiger partial charge in [0.15, 0.2) is 5.96 Å². The summed E-state index contributed by atoms with van der Waals surface area (Å²) in [6, 6.07) is 0.464. The van der Waals surface area contributed by atoms with Crippen LogP contribution in [0.3, 0.4) is 0 Å². The predicted octanol–water partition coefficient (Wildman–Crippen LogP) is 1.84. The SMILES string of the molecule is CCNC(=NCCCCN1CCOCC1)N1CCC(C)C(n2ccnc2)C1. The van der Waals surface area contributed by atoms with Crippen LogP contribution in [0, 0.1) is 5.92 Å². The number of ether oxygens (including phenoxy) is 1. The first-order chi connectivity index (χ1) is 13.3. The summed E-state index contributed by atoms with van der Waals surface area (Å²) in [5, 5.41) is 3.50. The maximum atomic E-state index is 5.41. The molecule has 27 heavy (non-hydrogen) atoms. The van der Waals surface area contributed by atoms with Crippen molar-refractivity contribution in [1.29, 1.82) is 0 Å². The van der Waals surface area contributed by atoms with Crippen molar-refractivity contribution in [2.24, 2.45) is 10.9 Å². The number of likely N-dealkylation sites (tertiary alicyclic amines) is 1. The number of rotatable bonds is 7. The highest BCUT2D eigenvalue weighted by Gasteiger charge is 2.28. The molecule has 1 aromatic rings. The second-order valence-electron chi connectivity index (χ2n) is 7.69. The van der Waals surface area contributed by atoms with Gasteiger partial charge in [-0.1, -0.05) is 6.92 Å². The second kappa shape index (κ2) is 10.7. The van der Waals surface area contributed by atoms with Gasteiger partial charge in [-0.25, -0.2) is 4.98 Å². The minimum atomic E-state index is 0.464. The van der Waals surface area contributed by atoms with Gasteiger partial charge < -0.3 is 19.5 Å². The van der Waals surface area contributed by atoms with Gasteiger partial charge in [0.2, 0.25) is 0 Å². The van der Waals surface area contributed by atoms with Crippen LogP contribution in [0.2, 0.25) is 0 Å². The Bertz CT molecular complexity index is 555. The zero-order valence-corrected chi connectivity index (χ0v) is 17.0. The molecule has 3 rings (SSSR count). The maximum Gasteiger partial charge on any atom is 0.193 e. The number of guanidine groups is 1. The Morgan fingerprint density at radius 2 is 2.11 bits per heavy atom. The average Bonchev–Trinajstić information content (AvgIpc) is 3.23. The summed E-state index contributed by atoms with van der Waals surface area (Å²) in [5.74, 6) is 1.73. The largest absolute Gasteiger partial charge is 0.379 e. The van der Waals surface area contributed by atoms with Gasteiger partial charge in [0, 0.05) is 51.7 Å². The number of hydrogen-bond donors (Lipinski definition) is 1. The third kappa shape index (κ3) is 5.94. The summed E-state index contributed by atoms with van der Waals surface area (Å²) in [7, 11) is 0. The molecule has 7 nitrogen and oxygen atoms in total. The van der Waals surface area contributed by atoms with E-state index >= 15 is 0 Å². The molecule has 2 fully saturated rings. The molecule has 2 atom stereocenters. The molecule has 0 amide bonds. The molecule has 2 aliphatic rings. The number of nitrogens with zero attached hydrogens (tertiary/aromatic N) is 5. The second-order valence-corrected chi connectivity index (χ2v) is 7.69. The topological polar surface area (TPSA) is 57.9 Å². The van der Waals surface area contributed by atoms with Crippen LogP contribution in [-0.2, 0) is 4.74 Å². The van der Waals surface area contributed by atoms with E-state index in [1.54, 1.807) is 0 Å². The van der Waals surface area contributed by atoms with E-state index < -0.39 is 0 Å². The smallest absolute Gasteiger partial charge is 0.193 e. The molecule has 0 aliphatic carbocycles. The van der Waals surface area contributed by atoms with Gasteiger partial charge in [-0.3, -0.25) is 9.89 Å². The summed E-state index contributed by atoms with van der Waals surface area (Å²) < 4.78 is 7.67. The first kappa shape index (κ1) is 20.1. The van der Waals surface area contributed by atoms with Crippen LogP contribution in [0.1, 0.15) is 39.2 Å². The Labute approximate surface area is 163 Å². The van der Waals surface area contributed by atoms with Crippen LogP contribution in [-0.4, -0.2) is 84.3 Å². The van der Waals surface area contributed by atoms with Crippen LogP contribution in [0.25, 0.3) is 0 Å². The van der Waals surface area contributed by atoms with Crippen LogP contribution >= 0.6 is 0 Å². The average molecular weight is 377 g/mol. The number of aliphatic imine (C=N–C) groups is 1. The lowest BCUT2D eigenvalue weighted by atomic mass is 9.93. The summed E-state index contributed by atoms with van der Waals surface area (Å²) in [5.41, 5.74) is 0. The third-order valence-corrected chi connectivity index (χ3v) is 5.71. The van der Waals surface area contributed by atoms with E-state index in [2.05, 4.69) is 44.7 Å². The highest BCUT2D eigenvalue weighted by molar-refractivity contribution is 5.80. The third-order valence-electron chi connectivity index (χ3n) is 5.71. The van der Waals surface area contributed by atoms with Crippen molar-refractivity contribution >= 4 is 5.96 Å². The lowest BCUT2D eigenvalue weighted by molar-refractivity contribution is 0.0373. The molecule has 2 aliphatic heterocycles. The molecule has 0 spiro atoms. The number of morpholine rings is 1. The maximum absolute atomic E-state index is 5.41. The monoisotopic (exact) mass is 376 g/mol. The van der Waals surface area contributed by atoms with E-state index in [4.69, 9.17) is 9.73 Å². The molecule has 0 bridgehead atoms. The fourth-order valence-electron chi connectivity index (χ4n) is 3.98. The molecule has 3 heterocycles. The number of imidazole rings is 1. The van der Waals surface area contributed by atoms with Gasteiger partial charge in [-0.05, 0) is 38.6 Å². The Morgan fingerprint density at radius 3 is 2.85 bits per heavy atom. The van der Waals surface area contributed by atoms with Crippen LogP contribution < -0.4 is 5.32 Å². The van der Waals surface area contributed by atoms with Crippen LogP contribution in [0.4, 0.5) is 0 Å². The molecular formula is C20H36N6O. The number of unbranched alkanes of at least 4 members (excludes halogenated alkanes) is 1. The fraction of sp³-hybridized carbons (Fsp3) is 0.800. The minimum Gasteiger partial charge on any atom is -0.379 e. The molecule has 1 aromatic heterocycles. The van der Waals surface area contributed by atoms with E-state index in [0.717, 1.165) is 64.9 Å². The van der Waals surface area contributed by atoms with Gasteiger partial charge in [0.25, 0.3) is 0 Å². The fourth-order valence-corrected chi connectivity index (χ4v) is 3.98. The van der Waals surface area contributed by atoms with Crippen LogP contribution in [0.15, 0.2) is 23.7 Å². The zero-order valence-electron chi connectivity index (χ0n) is 17.0. The number of nitrogens with one attached hydrogen (secondary N) is 1. The Kier molecular flexibility index (Phi) is 7.95. The normalized spacial score (nSPS) is 25.0. The standard InChI is InChI=1S/C20H36N6O/c1-3-22-20(23-7-4-5-9-24-12-14-27-15-13-24)25-10-6-18(2)19(16-25)26-11-8-21-17-26/h8,11,17-19H,3-7,9-10,12-16H2,1-2H3,(H,22,23). The van der Waals surface area contributed by atoms with E-state index in [1.807, 2.05) is 12.5 Å². The summed E-state index contributed by atoms with van der Waals surface area (Å²) in [6.45, 7) is 13.5. The van der Waals surface area contributed by atoms with E-state index in [9.17, 15) is 0 Å². The molecular weight excluding hydrogens is 340 g/mol. The number of hydrogen-bond acceptors (Lipinski definition) is 4. The van der Waals surface area contributed by atoms with Crippen molar-refractivity contribution in [3.8, 4) is 0 Å². The van der Waals surface area contributed by atoms with Crippen molar-refractivity contribution < 1.29 is 4.74 Å². The van der Waals surface area contributed by atoms with Crippen molar-refractivity contribution in [3.05, 3.63) is 18.7 Å². The molecule has 0 saturated carbocycles. The van der Waals surface area contributed by atoms with Gasteiger partial charge in [0.1, 0.15) is 0 Å². The quantitative estimate of drug-likeness (QED) is 0.447. The minimum absolute atomic E-state index is 0.464. The first-order valence-electron chi connectivity index (χ1n) is 10.6. The lowest BCUT2D eigenvalue weighted by Crippen LogP contribution is -2.49. The Balaban J connectivity index is 1.48. The van der Waals surface area contributed by atoms with Gasteiger partial charge in [0.05, 0.1) is 25.6 Å². The van der Waals surface area contributed by atoms with Crippen molar-refractivity contribution in [1.82, 2.24) is 24.7 Å². The zero-order chi connectivity index (χ0) is 18.9. The summed E-state index contributed by atoms with van der Waals surface area (Å²) >= 11 is 0. The lowest BCUT2D eigenvalue weighted by Gasteiger charge is -2.39. The van der Waals surface area contributed by atoms with E-state index in [-0.39, 0.29) is 0 Å². The van der Waals surface area contributed by atoms with Crippen LogP contribution in [0.5, 0.6) is 0 Å². The molecule has 2 unspecified atom stereocenters. The Hall–Kier alpha value is -1.60. The number of aromatic nitrogens is 2. The van der Waals surface area contributed by atoms with E-state index in [0.29, 0.717) is 12.0 Å². The van der Waals surface area contributed by atoms with Crippen molar-refractivity contribution in [2.75, 3.05) is 59.0 Å². The first-order valence-corrected chi connectivity index (χ1v) is 10.6. The summed E-state index contributed by atoms with van der Waals surface area (Å²) in [6.07, 6.45) is 9.43. The van der Waals surface area contributed by atoms with Gasteiger partial charge in [-0.2, -0.15) is 0 Å². The Morgan fingerprint density at radius 1 is 1.26 bits per heavy atom. The molecule has 7 heteroatoms. The molecule has 152 valence electrons. The highest BCUT2D eigenvalue weighted by Crippen LogP contribution is 2.27. The molecule has 2 saturated heterocycles. The number of piperidine rings is 1. The molecule has 1 N–H and O–H groups in total. The molecule has 0 aromatic carbocycles. The van der Waals surface area contributed by atoms with Gasteiger partial charge in [-0.15, -0.1) is 0 Å².